The number of aryl methyl sites for hydroxylation is 2. The van der Waals surface area contributed by atoms with Crippen LogP contribution in [0.5, 0.6) is 0 Å². The molecule has 0 aliphatic carbocycles. The van der Waals surface area contributed by atoms with Crippen LogP contribution < -0.4 is 0 Å². The molecule has 2 saturated heterocycles. The number of nitrogens with zero attached hydrogens (tertiary/aromatic N) is 9. The van der Waals surface area contributed by atoms with Crippen LogP contribution in [0.15, 0.2) is 17.5 Å². The van der Waals surface area contributed by atoms with E-state index in [9.17, 15) is 40.9 Å². The van der Waals surface area contributed by atoms with Crippen molar-refractivity contribution < 1.29 is 88.2 Å². The van der Waals surface area contributed by atoms with Gasteiger partial charge in [0.2, 0.25) is 0 Å². The Bertz CT molecular complexity index is 1480. The summed E-state index contributed by atoms with van der Waals surface area (Å²) in [5, 5.41) is 94.8. The zero-order valence-corrected chi connectivity index (χ0v) is 39.6. The average molecular weight is 982 g/mol. The van der Waals surface area contributed by atoms with Crippen molar-refractivity contribution in [3.8, 4) is 0 Å². The van der Waals surface area contributed by atoms with Crippen molar-refractivity contribution in [2.24, 2.45) is 5.11 Å². The number of aliphatic hydroxyl groups is 8. The van der Waals surface area contributed by atoms with E-state index >= 15 is 0 Å². The van der Waals surface area contributed by atoms with E-state index in [-0.39, 0.29) is 105 Å². The molecule has 2 aliphatic rings. The van der Waals surface area contributed by atoms with Gasteiger partial charge >= 0.3 is 0 Å². The van der Waals surface area contributed by atoms with E-state index in [1.165, 1.54) is 0 Å². The van der Waals surface area contributed by atoms with Crippen molar-refractivity contribution in [2.75, 3.05) is 119 Å². The predicted molar refractivity (Wildman–Crippen MR) is 235 cm³/mol. The lowest BCUT2D eigenvalue weighted by molar-refractivity contribution is -0.283. The van der Waals surface area contributed by atoms with Gasteiger partial charge in [-0.2, -0.15) is 0 Å². The van der Waals surface area contributed by atoms with Crippen LogP contribution in [0.4, 0.5) is 0 Å². The number of aromatic nitrogens is 6. The summed E-state index contributed by atoms with van der Waals surface area (Å²) in [6.45, 7) is 6.97. The van der Waals surface area contributed by atoms with Gasteiger partial charge in [-0.05, 0) is 58.9 Å². The number of hydrogen-bond donors (Lipinski definition) is 8. The zero-order chi connectivity index (χ0) is 49.8. The maximum absolute atomic E-state index is 9.29. The number of azide groups is 1. The molecule has 68 heavy (non-hydrogen) atoms. The summed E-state index contributed by atoms with van der Waals surface area (Å²) in [7, 11) is 0. The summed E-state index contributed by atoms with van der Waals surface area (Å²) in [6, 6.07) is -1.40. The fourth-order valence-corrected chi connectivity index (χ4v) is 6.10. The van der Waals surface area contributed by atoms with Crippen LogP contribution in [0.1, 0.15) is 64.0 Å². The number of rotatable bonds is 34. The highest BCUT2D eigenvalue weighted by atomic mass is 16.7. The van der Waals surface area contributed by atoms with Gasteiger partial charge in [-0.1, -0.05) is 15.5 Å². The molecule has 2 aromatic heterocycles. The Balaban J connectivity index is 0.000000428. The van der Waals surface area contributed by atoms with Gasteiger partial charge in [0.1, 0.15) is 48.7 Å². The second-order valence-electron chi connectivity index (χ2n) is 17.0. The zero-order valence-electron chi connectivity index (χ0n) is 39.6. The summed E-state index contributed by atoms with van der Waals surface area (Å²) in [5.41, 5.74) is 10.1. The average Bonchev–Trinajstić information content (AvgIpc) is 4.02. The van der Waals surface area contributed by atoms with Crippen molar-refractivity contribution in [3.63, 3.8) is 0 Å². The smallest absolute Gasteiger partial charge is 0.163 e. The van der Waals surface area contributed by atoms with Crippen LogP contribution in [0.25, 0.3) is 10.4 Å². The lowest BCUT2D eigenvalue weighted by Crippen LogP contribution is -2.45. The molecule has 0 bridgehead atoms. The maximum Gasteiger partial charge on any atom is 0.163 e. The molecule has 0 atom stereocenters. The lowest BCUT2D eigenvalue weighted by atomic mass is 10.1. The van der Waals surface area contributed by atoms with Crippen LogP contribution in [-0.4, -0.2) is 244 Å². The van der Waals surface area contributed by atoms with Gasteiger partial charge in [0, 0.05) is 17.3 Å². The standard InChI is InChI=1S/C26H48N6O12.C15H27N3O6/c33-7-23(8-34)41-15-21(16-42-24(9-35)10-36)31-5-19(27-29-31)3-1-2-4-20-6-32(30-28-20)22(17-43-25(11-37)12-38)18-44-26(13-39)14-40;1-14(2)21-7-12(8-22-14)19-5-11(17-18-16)6-20-13-9-23-15(3,4)24-10-13/h5-6,21-26,33-40H,1-4,7-18H2;11-13H,5-10H2,1-4H3. The van der Waals surface area contributed by atoms with Gasteiger partial charge in [0.15, 0.2) is 11.6 Å². The van der Waals surface area contributed by atoms with Crippen molar-refractivity contribution >= 4 is 0 Å². The van der Waals surface area contributed by atoms with Gasteiger partial charge in [0.05, 0.1) is 136 Å². The maximum atomic E-state index is 9.29. The Morgan fingerprint density at radius 2 is 0.882 bits per heavy atom. The molecule has 0 unspecified atom stereocenters. The molecule has 4 rings (SSSR count). The SMILES string of the molecule is CC1(C)OCC(OCC(COC2COC(C)(C)OC2)N=[N+]=[N-])CO1.OCC(CO)OCC(COC(CO)CO)n1cc(CCCCc2cn(C(COC(CO)CO)COC(CO)CO)nn2)nn1. The molecular weight excluding hydrogens is 906 g/mol. The molecule has 2 fully saturated rings. The van der Waals surface area contributed by atoms with Crippen molar-refractivity contribution in [1.29, 1.82) is 0 Å². The first kappa shape index (κ1) is 59.2. The molecule has 0 amide bonds. The van der Waals surface area contributed by atoms with Crippen molar-refractivity contribution in [1.82, 2.24) is 30.0 Å². The number of aliphatic hydroxyl groups excluding tert-OH is 8. The summed E-state index contributed by atoms with van der Waals surface area (Å²) >= 11 is 0. The van der Waals surface area contributed by atoms with Gasteiger partial charge in [-0.3, -0.25) is 0 Å². The second-order valence-corrected chi connectivity index (χ2v) is 17.0. The first-order chi connectivity index (χ1) is 32.7. The molecule has 0 radical (unpaired) electrons. The molecule has 2 aliphatic heterocycles. The third kappa shape index (κ3) is 22.7. The summed E-state index contributed by atoms with van der Waals surface area (Å²) in [4.78, 5) is 2.85. The van der Waals surface area contributed by atoms with Crippen LogP contribution in [0, 0.1) is 0 Å². The monoisotopic (exact) mass is 982 g/mol. The van der Waals surface area contributed by atoms with Crippen molar-refractivity contribution in [2.45, 2.75) is 120 Å². The molecular formula is C41H75N9O18. The Kier molecular flexibility index (Phi) is 28.5. The van der Waals surface area contributed by atoms with Gasteiger partial charge < -0.3 is 88.2 Å². The van der Waals surface area contributed by atoms with Gasteiger partial charge in [0.25, 0.3) is 0 Å². The van der Waals surface area contributed by atoms with E-state index in [2.05, 4.69) is 30.7 Å². The number of unbranched alkanes of at least 4 members (excludes halogenated alkanes) is 1. The normalized spacial score (nSPS) is 16.8. The molecule has 0 spiro atoms. The van der Waals surface area contributed by atoms with E-state index in [4.69, 9.17) is 52.9 Å². The molecule has 392 valence electrons. The first-order valence-corrected chi connectivity index (χ1v) is 22.7. The van der Waals surface area contributed by atoms with E-state index < -0.39 is 54.1 Å². The third-order valence-corrected chi connectivity index (χ3v) is 10.4. The van der Waals surface area contributed by atoms with Crippen LogP contribution in [0.3, 0.4) is 0 Å². The minimum atomic E-state index is -0.767. The van der Waals surface area contributed by atoms with E-state index in [0.29, 0.717) is 39.3 Å². The summed E-state index contributed by atoms with van der Waals surface area (Å²) < 4.78 is 58.8. The van der Waals surface area contributed by atoms with Crippen LogP contribution in [-0.2, 0) is 60.2 Å². The van der Waals surface area contributed by atoms with Crippen LogP contribution in [0.2, 0.25) is 0 Å². The van der Waals surface area contributed by atoms with E-state index in [1.807, 2.05) is 27.7 Å². The molecule has 27 nitrogen and oxygen atoms in total. The van der Waals surface area contributed by atoms with E-state index in [0.717, 1.165) is 24.2 Å². The minimum Gasteiger partial charge on any atom is -0.394 e. The molecule has 4 heterocycles. The first-order valence-electron chi connectivity index (χ1n) is 22.7. The van der Waals surface area contributed by atoms with E-state index in [1.54, 1.807) is 21.8 Å². The quantitative estimate of drug-likeness (QED) is 0.0163. The number of hydrogen-bond acceptors (Lipinski definition) is 23. The fourth-order valence-electron chi connectivity index (χ4n) is 6.10. The predicted octanol–water partition coefficient (Wildman–Crippen LogP) is -2.00. The molecule has 8 N–H and O–H groups in total. The Morgan fingerprint density at radius 3 is 1.16 bits per heavy atom. The highest BCUT2D eigenvalue weighted by Gasteiger charge is 2.31. The molecule has 0 aromatic carbocycles. The highest BCUT2D eigenvalue weighted by molar-refractivity contribution is 4.96. The summed E-state index contributed by atoms with van der Waals surface area (Å²) in [6.07, 6.45) is 2.81. The van der Waals surface area contributed by atoms with Gasteiger partial charge in [-0.15, -0.1) is 10.2 Å². The Hall–Kier alpha value is -3.13. The number of ether oxygens (including phenoxy) is 10. The van der Waals surface area contributed by atoms with Gasteiger partial charge in [-0.25, -0.2) is 9.36 Å². The molecule has 0 saturated carbocycles. The molecule has 2 aromatic rings. The Morgan fingerprint density at radius 1 is 0.574 bits per heavy atom. The fraction of sp³-hybridized carbons (Fsp3) is 0.902. The minimum absolute atomic E-state index is 0.0478. The Labute approximate surface area is 395 Å². The summed E-state index contributed by atoms with van der Waals surface area (Å²) in [5.74, 6) is -1.16. The largest absolute Gasteiger partial charge is 0.394 e. The highest BCUT2D eigenvalue weighted by Crippen LogP contribution is 2.21. The van der Waals surface area contributed by atoms with Crippen LogP contribution >= 0.6 is 0 Å². The van der Waals surface area contributed by atoms with Crippen molar-refractivity contribution in [3.05, 3.63) is 34.2 Å². The topological polar surface area (TPSA) is 364 Å². The third-order valence-electron chi connectivity index (χ3n) is 10.4. The second kappa shape index (κ2) is 32.7. The lowest BCUT2D eigenvalue weighted by Gasteiger charge is -2.35. The molecule has 27 heteroatoms.